The SMILES string of the molecule is CSCC(C)n1c(SCC(=O)O)nc2ccsc2c1=O. The topological polar surface area (TPSA) is 72.2 Å². The van der Waals surface area contributed by atoms with Crippen LogP contribution in [0.4, 0.5) is 0 Å². The molecule has 2 heterocycles. The number of carbonyl (C=O) groups is 1. The van der Waals surface area contributed by atoms with Crippen molar-refractivity contribution < 1.29 is 9.90 Å². The molecule has 1 N–H and O–H groups in total. The Morgan fingerprint density at radius 1 is 1.60 bits per heavy atom. The summed E-state index contributed by atoms with van der Waals surface area (Å²) >= 11 is 4.10. The van der Waals surface area contributed by atoms with Gasteiger partial charge < -0.3 is 5.11 Å². The van der Waals surface area contributed by atoms with Gasteiger partial charge in [-0.1, -0.05) is 11.8 Å². The van der Waals surface area contributed by atoms with Crippen molar-refractivity contribution in [3.05, 3.63) is 21.8 Å². The van der Waals surface area contributed by atoms with Gasteiger partial charge in [-0.3, -0.25) is 14.2 Å². The molecule has 0 bridgehead atoms. The van der Waals surface area contributed by atoms with Gasteiger partial charge in [-0.25, -0.2) is 4.98 Å². The molecule has 0 fully saturated rings. The molecule has 5 nitrogen and oxygen atoms in total. The number of nitrogens with zero attached hydrogens (tertiary/aromatic N) is 2. The number of carboxylic acid groups (broad SMARTS) is 1. The van der Waals surface area contributed by atoms with Crippen LogP contribution in [0, 0.1) is 0 Å². The number of aromatic nitrogens is 2. The van der Waals surface area contributed by atoms with E-state index in [1.807, 2.05) is 18.6 Å². The average Bonchev–Trinajstić information content (AvgIpc) is 2.85. The highest BCUT2D eigenvalue weighted by atomic mass is 32.2. The largest absolute Gasteiger partial charge is 0.481 e. The molecule has 1 atom stereocenters. The summed E-state index contributed by atoms with van der Waals surface area (Å²) in [5.74, 6) is -0.244. The Morgan fingerprint density at radius 2 is 2.35 bits per heavy atom. The lowest BCUT2D eigenvalue weighted by Gasteiger charge is -2.17. The molecule has 2 aromatic heterocycles. The maximum atomic E-state index is 12.5. The third-order valence-electron chi connectivity index (χ3n) is 2.65. The minimum atomic E-state index is -0.918. The van der Waals surface area contributed by atoms with Gasteiger partial charge in [-0.05, 0) is 24.6 Å². The van der Waals surface area contributed by atoms with Gasteiger partial charge in [0.1, 0.15) is 4.70 Å². The smallest absolute Gasteiger partial charge is 0.313 e. The highest BCUT2D eigenvalue weighted by Gasteiger charge is 2.17. The number of hydrogen-bond donors (Lipinski definition) is 1. The standard InChI is InChI=1S/C12H14N2O3S3/c1-7(5-18-2)14-11(17)10-8(3-4-19-10)13-12(14)20-6-9(15)16/h3-4,7H,5-6H2,1-2H3,(H,15,16). The van der Waals surface area contributed by atoms with Crippen LogP contribution < -0.4 is 5.56 Å². The molecule has 20 heavy (non-hydrogen) atoms. The number of fused-ring (bicyclic) bond motifs is 1. The minimum absolute atomic E-state index is 0.0206. The maximum Gasteiger partial charge on any atom is 0.313 e. The Bertz CT molecular complexity index is 680. The van der Waals surface area contributed by atoms with Crippen LogP contribution in [0.5, 0.6) is 0 Å². The molecule has 0 aliphatic heterocycles. The van der Waals surface area contributed by atoms with E-state index in [2.05, 4.69) is 4.98 Å². The first-order chi connectivity index (χ1) is 9.54. The molecule has 1 unspecified atom stereocenters. The van der Waals surface area contributed by atoms with E-state index in [0.29, 0.717) is 15.4 Å². The summed E-state index contributed by atoms with van der Waals surface area (Å²) < 4.78 is 2.24. The summed E-state index contributed by atoms with van der Waals surface area (Å²) in [6, 6.07) is 1.77. The summed E-state index contributed by atoms with van der Waals surface area (Å²) in [7, 11) is 0. The molecule has 108 valence electrons. The normalized spacial score (nSPS) is 12.7. The Labute approximate surface area is 128 Å². The molecule has 0 radical (unpaired) electrons. The van der Waals surface area contributed by atoms with Gasteiger partial charge in [0.25, 0.3) is 5.56 Å². The van der Waals surface area contributed by atoms with E-state index in [0.717, 1.165) is 17.5 Å². The van der Waals surface area contributed by atoms with Crippen LogP contribution in [0.2, 0.25) is 0 Å². The van der Waals surface area contributed by atoms with Crippen molar-refractivity contribution in [2.45, 2.75) is 18.1 Å². The molecule has 0 saturated heterocycles. The number of aliphatic carboxylic acids is 1. The molecular formula is C12H14N2O3S3. The van der Waals surface area contributed by atoms with Gasteiger partial charge in [-0.2, -0.15) is 11.8 Å². The van der Waals surface area contributed by atoms with Crippen molar-refractivity contribution in [3.63, 3.8) is 0 Å². The first-order valence-electron chi connectivity index (χ1n) is 5.88. The van der Waals surface area contributed by atoms with E-state index < -0.39 is 5.97 Å². The summed E-state index contributed by atoms with van der Waals surface area (Å²) in [5.41, 5.74) is 0.555. The van der Waals surface area contributed by atoms with Gasteiger partial charge >= 0.3 is 5.97 Å². The monoisotopic (exact) mass is 330 g/mol. The average molecular weight is 330 g/mol. The Hall–Kier alpha value is -0.990. The molecule has 0 saturated carbocycles. The molecule has 0 aliphatic rings. The van der Waals surface area contributed by atoms with E-state index >= 15 is 0 Å². The molecule has 8 heteroatoms. The van der Waals surface area contributed by atoms with Crippen LogP contribution >= 0.6 is 34.9 Å². The van der Waals surface area contributed by atoms with Crippen molar-refractivity contribution >= 4 is 51.0 Å². The second-order valence-electron chi connectivity index (χ2n) is 4.19. The summed E-state index contributed by atoms with van der Waals surface area (Å²) in [6.45, 7) is 1.95. The third-order valence-corrected chi connectivity index (χ3v) is 5.30. The van der Waals surface area contributed by atoms with Crippen LogP contribution in [-0.2, 0) is 4.79 Å². The molecule has 0 spiro atoms. The number of carboxylic acids is 1. The Morgan fingerprint density at radius 3 is 3.00 bits per heavy atom. The van der Waals surface area contributed by atoms with E-state index in [9.17, 15) is 9.59 Å². The summed E-state index contributed by atoms with van der Waals surface area (Å²) in [5, 5.41) is 11.1. The van der Waals surface area contributed by atoms with Gasteiger partial charge in [0.15, 0.2) is 5.16 Å². The lowest BCUT2D eigenvalue weighted by molar-refractivity contribution is -0.133. The third kappa shape index (κ3) is 3.18. The fraction of sp³-hybridized carbons (Fsp3) is 0.417. The van der Waals surface area contributed by atoms with E-state index in [-0.39, 0.29) is 17.4 Å². The number of thiophene rings is 1. The zero-order valence-electron chi connectivity index (χ0n) is 11.0. The summed E-state index contributed by atoms with van der Waals surface area (Å²) in [4.78, 5) is 27.7. The van der Waals surface area contributed by atoms with Crippen LogP contribution in [0.1, 0.15) is 13.0 Å². The van der Waals surface area contributed by atoms with Crippen LogP contribution in [0.3, 0.4) is 0 Å². The predicted molar refractivity (Wildman–Crippen MR) is 85.3 cm³/mol. The van der Waals surface area contributed by atoms with Crippen LogP contribution in [-0.4, -0.2) is 38.4 Å². The Kier molecular flexibility index (Phi) is 5.11. The van der Waals surface area contributed by atoms with Gasteiger partial charge in [-0.15, -0.1) is 11.3 Å². The molecule has 2 rings (SSSR count). The predicted octanol–water partition coefficient (Wildman–Crippen LogP) is 2.56. The lowest BCUT2D eigenvalue weighted by atomic mass is 10.3. The number of rotatable bonds is 6. The quantitative estimate of drug-likeness (QED) is 0.648. The minimum Gasteiger partial charge on any atom is -0.481 e. The Balaban J connectivity index is 2.53. The number of hydrogen-bond acceptors (Lipinski definition) is 6. The maximum absolute atomic E-state index is 12.5. The fourth-order valence-corrected chi connectivity index (χ4v) is 4.05. The lowest BCUT2D eigenvalue weighted by Crippen LogP contribution is -2.27. The van der Waals surface area contributed by atoms with E-state index in [1.165, 1.54) is 11.3 Å². The zero-order chi connectivity index (χ0) is 14.7. The summed E-state index contributed by atoms with van der Waals surface area (Å²) in [6.07, 6.45) is 1.97. The van der Waals surface area contributed by atoms with Crippen molar-refractivity contribution in [2.75, 3.05) is 17.8 Å². The van der Waals surface area contributed by atoms with Crippen LogP contribution in [0.15, 0.2) is 21.4 Å². The molecule has 0 amide bonds. The highest BCUT2D eigenvalue weighted by Crippen LogP contribution is 2.24. The first-order valence-corrected chi connectivity index (χ1v) is 9.13. The second-order valence-corrected chi connectivity index (χ2v) is 6.96. The molecule has 0 aromatic carbocycles. The van der Waals surface area contributed by atoms with E-state index in [1.54, 1.807) is 22.4 Å². The van der Waals surface area contributed by atoms with Crippen molar-refractivity contribution in [2.24, 2.45) is 0 Å². The fourth-order valence-electron chi connectivity index (χ4n) is 1.84. The van der Waals surface area contributed by atoms with Crippen LogP contribution in [0.25, 0.3) is 10.2 Å². The first kappa shape index (κ1) is 15.4. The van der Waals surface area contributed by atoms with Crippen molar-refractivity contribution in [3.8, 4) is 0 Å². The van der Waals surface area contributed by atoms with E-state index in [4.69, 9.17) is 5.11 Å². The van der Waals surface area contributed by atoms with Gasteiger partial charge in [0, 0.05) is 11.8 Å². The van der Waals surface area contributed by atoms with Crippen molar-refractivity contribution in [1.82, 2.24) is 9.55 Å². The van der Waals surface area contributed by atoms with Gasteiger partial charge in [0.2, 0.25) is 0 Å². The molecule has 0 aliphatic carbocycles. The van der Waals surface area contributed by atoms with Crippen molar-refractivity contribution in [1.29, 1.82) is 0 Å². The zero-order valence-corrected chi connectivity index (χ0v) is 13.5. The molecule has 2 aromatic rings. The number of thioether (sulfide) groups is 2. The molecular weight excluding hydrogens is 316 g/mol. The highest BCUT2D eigenvalue weighted by molar-refractivity contribution is 7.99. The second kappa shape index (κ2) is 6.64. The van der Waals surface area contributed by atoms with Gasteiger partial charge in [0.05, 0.1) is 11.3 Å².